The number of aryl methyl sites for hydroxylation is 1. The van der Waals surface area contributed by atoms with Crippen LogP contribution in [0.2, 0.25) is 0 Å². The number of hydrogen-bond donors (Lipinski definition) is 1. The molecule has 5 nitrogen and oxygen atoms in total. The first-order valence-corrected chi connectivity index (χ1v) is 9.36. The Bertz CT molecular complexity index is 1010. The normalized spacial score (nSPS) is 16.7. The molecular weight excluding hydrogens is 381 g/mol. The molecule has 1 unspecified atom stereocenters. The number of rotatable bonds is 3. The fourth-order valence-corrected chi connectivity index (χ4v) is 3.52. The maximum Gasteiger partial charge on any atom is 0.433 e. The van der Waals surface area contributed by atoms with E-state index in [4.69, 9.17) is 0 Å². The minimum atomic E-state index is -4.50. The number of carbonyl (C=O) groups is 1. The molecule has 1 aliphatic rings. The molecule has 0 fully saturated rings. The van der Waals surface area contributed by atoms with Crippen LogP contribution in [-0.2, 0) is 19.1 Å². The number of benzene rings is 1. The van der Waals surface area contributed by atoms with Gasteiger partial charge >= 0.3 is 6.18 Å². The zero-order valence-corrected chi connectivity index (χ0v) is 15.5. The minimum Gasteiger partial charge on any atom is -0.349 e. The van der Waals surface area contributed by atoms with E-state index < -0.39 is 11.9 Å². The van der Waals surface area contributed by atoms with Crippen LogP contribution < -0.4 is 5.32 Å². The number of alkyl halides is 3. The largest absolute Gasteiger partial charge is 0.433 e. The van der Waals surface area contributed by atoms with Crippen molar-refractivity contribution < 1.29 is 18.0 Å². The molecule has 1 atom stereocenters. The summed E-state index contributed by atoms with van der Waals surface area (Å²) in [6.07, 6.45) is -1.16. The van der Waals surface area contributed by atoms with Crippen molar-refractivity contribution in [1.82, 2.24) is 20.1 Å². The molecule has 4 rings (SSSR count). The third-order valence-electron chi connectivity index (χ3n) is 4.96. The van der Waals surface area contributed by atoms with Crippen LogP contribution in [0.3, 0.4) is 0 Å². The fraction of sp³-hybridized carbons (Fsp3) is 0.286. The molecule has 0 radical (unpaired) electrons. The quantitative estimate of drug-likeness (QED) is 0.720. The number of pyridine rings is 1. The van der Waals surface area contributed by atoms with Gasteiger partial charge in [-0.15, -0.1) is 0 Å². The molecule has 0 aliphatic carbocycles. The van der Waals surface area contributed by atoms with Crippen LogP contribution >= 0.6 is 0 Å². The van der Waals surface area contributed by atoms with E-state index in [-0.39, 0.29) is 11.9 Å². The molecule has 1 amide bonds. The number of nitrogens with zero attached hydrogens (tertiary/aromatic N) is 3. The van der Waals surface area contributed by atoms with Gasteiger partial charge in [-0.25, -0.2) is 0 Å². The molecule has 2 aromatic heterocycles. The molecule has 3 aromatic rings. The van der Waals surface area contributed by atoms with Gasteiger partial charge in [-0.05, 0) is 43.2 Å². The van der Waals surface area contributed by atoms with Crippen molar-refractivity contribution in [3.8, 4) is 11.3 Å². The maximum atomic E-state index is 12.9. The van der Waals surface area contributed by atoms with Gasteiger partial charge in [-0.3, -0.25) is 14.5 Å². The van der Waals surface area contributed by atoms with E-state index in [1.165, 1.54) is 6.07 Å². The molecule has 0 bridgehead atoms. The molecule has 8 heteroatoms. The van der Waals surface area contributed by atoms with Crippen LogP contribution in [0.15, 0.2) is 54.7 Å². The summed E-state index contributed by atoms with van der Waals surface area (Å²) in [6, 6.07) is 13.3. The predicted molar refractivity (Wildman–Crippen MR) is 101 cm³/mol. The Labute approximate surface area is 165 Å². The topological polar surface area (TPSA) is 59.8 Å². The molecule has 0 saturated heterocycles. The third-order valence-corrected chi connectivity index (χ3v) is 4.96. The van der Waals surface area contributed by atoms with E-state index in [1.807, 2.05) is 22.9 Å². The molecule has 1 aromatic carbocycles. The van der Waals surface area contributed by atoms with Gasteiger partial charge in [0.1, 0.15) is 5.69 Å². The first-order valence-electron chi connectivity index (χ1n) is 9.36. The van der Waals surface area contributed by atoms with Crippen LogP contribution in [-0.4, -0.2) is 26.7 Å². The maximum absolute atomic E-state index is 12.9. The van der Waals surface area contributed by atoms with E-state index >= 15 is 0 Å². The van der Waals surface area contributed by atoms with E-state index in [1.54, 1.807) is 18.2 Å². The second-order valence-corrected chi connectivity index (χ2v) is 7.05. The number of hydrogen-bond acceptors (Lipinski definition) is 3. The van der Waals surface area contributed by atoms with Gasteiger partial charge in [0.25, 0.3) is 5.91 Å². The van der Waals surface area contributed by atoms with Crippen molar-refractivity contribution in [3.05, 3.63) is 71.7 Å². The Morgan fingerprint density at radius 3 is 2.69 bits per heavy atom. The number of amides is 1. The van der Waals surface area contributed by atoms with E-state index in [0.717, 1.165) is 30.8 Å². The lowest BCUT2D eigenvalue weighted by molar-refractivity contribution is -0.141. The number of nitrogens with one attached hydrogen (secondary N) is 1. The van der Waals surface area contributed by atoms with Crippen molar-refractivity contribution in [2.24, 2.45) is 0 Å². The Kier molecular flexibility index (Phi) is 5.08. The van der Waals surface area contributed by atoms with Crippen LogP contribution in [0.4, 0.5) is 13.2 Å². The summed E-state index contributed by atoms with van der Waals surface area (Å²) in [4.78, 5) is 15.8. The van der Waals surface area contributed by atoms with Gasteiger partial charge in [0.15, 0.2) is 0 Å². The Hall–Kier alpha value is -3.16. The summed E-state index contributed by atoms with van der Waals surface area (Å²) in [5.74, 6) is -0.132. The van der Waals surface area contributed by atoms with Crippen molar-refractivity contribution in [1.29, 1.82) is 0 Å². The predicted octanol–water partition coefficient (Wildman–Crippen LogP) is 4.10. The first-order chi connectivity index (χ1) is 13.9. The van der Waals surface area contributed by atoms with Crippen LogP contribution in [0.1, 0.15) is 34.6 Å². The van der Waals surface area contributed by atoms with Gasteiger partial charge in [0.2, 0.25) is 0 Å². The van der Waals surface area contributed by atoms with Gasteiger partial charge in [0, 0.05) is 42.0 Å². The summed E-state index contributed by atoms with van der Waals surface area (Å²) in [6.45, 7) is 0.657. The zero-order chi connectivity index (χ0) is 20.4. The highest BCUT2D eigenvalue weighted by molar-refractivity contribution is 5.94. The molecule has 3 heterocycles. The molecule has 1 N–H and O–H groups in total. The molecule has 0 saturated carbocycles. The molecule has 1 aliphatic heterocycles. The lowest BCUT2D eigenvalue weighted by atomic mass is 10.1. The highest BCUT2D eigenvalue weighted by Gasteiger charge is 2.32. The Morgan fingerprint density at radius 1 is 1.14 bits per heavy atom. The number of aromatic nitrogens is 3. The Balaban J connectivity index is 1.53. The highest BCUT2D eigenvalue weighted by Crippen LogP contribution is 2.30. The monoisotopic (exact) mass is 400 g/mol. The summed E-state index contributed by atoms with van der Waals surface area (Å²) in [5.41, 5.74) is 1.40. The van der Waals surface area contributed by atoms with Crippen LogP contribution in [0, 0.1) is 0 Å². The number of fused-ring (bicyclic) bond motifs is 1. The van der Waals surface area contributed by atoms with Crippen molar-refractivity contribution in [2.75, 3.05) is 0 Å². The smallest absolute Gasteiger partial charge is 0.349 e. The lowest BCUT2D eigenvalue weighted by Crippen LogP contribution is -2.36. The zero-order valence-electron chi connectivity index (χ0n) is 15.5. The van der Waals surface area contributed by atoms with Crippen LogP contribution in [0.25, 0.3) is 11.3 Å². The molecule has 150 valence electrons. The van der Waals surface area contributed by atoms with Crippen molar-refractivity contribution in [3.63, 3.8) is 0 Å². The fourth-order valence-electron chi connectivity index (χ4n) is 3.52. The second-order valence-electron chi connectivity index (χ2n) is 7.05. The highest BCUT2D eigenvalue weighted by atomic mass is 19.4. The van der Waals surface area contributed by atoms with Crippen molar-refractivity contribution >= 4 is 5.91 Å². The first kappa shape index (κ1) is 19.2. The Morgan fingerprint density at radius 2 is 1.93 bits per heavy atom. The average molecular weight is 400 g/mol. The third kappa shape index (κ3) is 4.31. The standard InChI is InChI=1S/C21H19F3N4O/c22-21(23,24)19-11-15(8-9-25-19)18-13-17-12-16(7-4-10-28(17)27-18)26-20(29)14-5-2-1-3-6-14/h1-3,5-6,8-9,11,13,16H,4,7,10,12H2,(H,26,29). The second kappa shape index (κ2) is 7.69. The van der Waals surface area contributed by atoms with E-state index in [0.29, 0.717) is 29.8 Å². The summed E-state index contributed by atoms with van der Waals surface area (Å²) < 4.78 is 40.7. The summed E-state index contributed by atoms with van der Waals surface area (Å²) in [5, 5.41) is 7.54. The summed E-state index contributed by atoms with van der Waals surface area (Å²) >= 11 is 0. The number of carbonyl (C=O) groups excluding carboxylic acids is 1. The van der Waals surface area contributed by atoms with E-state index in [9.17, 15) is 18.0 Å². The molecule has 29 heavy (non-hydrogen) atoms. The van der Waals surface area contributed by atoms with Crippen molar-refractivity contribution in [2.45, 2.75) is 38.0 Å². The summed E-state index contributed by atoms with van der Waals surface area (Å²) in [7, 11) is 0. The van der Waals surface area contributed by atoms with E-state index in [2.05, 4.69) is 15.4 Å². The lowest BCUT2D eigenvalue weighted by Gasteiger charge is -2.16. The molecule has 0 spiro atoms. The van der Waals surface area contributed by atoms with Gasteiger partial charge in [-0.2, -0.15) is 18.3 Å². The van der Waals surface area contributed by atoms with Crippen LogP contribution in [0.5, 0.6) is 0 Å². The number of halogens is 3. The van der Waals surface area contributed by atoms with Gasteiger partial charge in [-0.1, -0.05) is 18.2 Å². The SMILES string of the molecule is O=C(NC1CCCn2nc(-c3ccnc(C(F)(F)F)c3)cc2C1)c1ccccc1. The van der Waals surface area contributed by atoms with Gasteiger partial charge in [0.05, 0.1) is 5.69 Å². The molecular formula is C21H19F3N4O. The average Bonchev–Trinajstić information content (AvgIpc) is 3.01. The van der Waals surface area contributed by atoms with Gasteiger partial charge < -0.3 is 5.32 Å². The minimum absolute atomic E-state index is 0.0586.